The van der Waals surface area contributed by atoms with Crippen LogP contribution in [0.25, 0.3) is 77.0 Å². The fourth-order valence-electron chi connectivity index (χ4n) is 7.91. The van der Waals surface area contributed by atoms with E-state index in [-0.39, 0.29) is 0 Å². The minimum absolute atomic E-state index is 0.705. The fourth-order valence-corrected chi connectivity index (χ4v) is 7.91. The Labute approximate surface area is 296 Å². The second-order valence-corrected chi connectivity index (χ2v) is 13.2. The summed E-state index contributed by atoms with van der Waals surface area (Å²) >= 11 is 0. The van der Waals surface area contributed by atoms with E-state index in [2.05, 4.69) is 192 Å². The molecule has 10 rings (SSSR count). The van der Waals surface area contributed by atoms with Crippen molar-refractivity contribution in [2.24, 2.45) is 0 Å². The van der Waals surface area contributed by atoms with Crippen molar-refractivity contribution in [3.05, 3.63) is 188 Å². The molecule has 3 nitrogen and oxygen atoms in total. The van der Waals surface area contributed by atoms with Gasteiger partial charge in [0.1, 0.15) is 5.65 Å². The fraction of sp³-hybridized carbons (Fsp3) is 0.0208. The summed E-state index contributed by atoms with van der Waals surface area (Å²) in [6.45, 7) is 5.29. The van der Waals surface area contributed by atoms with E-state index in [1.165, 1.54) is 43.8 Å². The van der Waals surface area contributed by atoms with Gasteiger partial charge in [-0.3, -0.25) is 4.40 Å². The largest absolute Gasteiger partial charge is 0.337 e. The molecule has 0 radical (unpaired) electrons. The van der Waals surface area contributed by atoms with E-state index < -0.39 is 0 Å². The molecule has 9 aromatic rings. The lowest BCUT2D eigenvalue weighted by Crippen LogP contribution is -2.19. The second kappa shape index (κ2) is 11.7. The summed E-state index contributed by atoms with van der Waals surface area (Å²) in [6, 6.07) is 54.6. The Bertz CT molecular complexity index is 2890. The number of hydrogen-bond donors (Lipinski definition) is 0. The molecule has 3 heteroatoms. The molecule has 0 saturated heterocycles. The SMILES string of the molecule is C=C1/C=C\C=C/CN(c2ccc3c(c2)c2ccc(-c4ccccc4)cc2n2c4ccccc4nc32)c2c1cc(-c1ccccc1)c1ccccc21. The minimum Gasteiger partial charge on any atom is -0.337 e. The molecule has 0 fully saturated rings. The van der Waals surface area contributed by atoms with Crippen LogP contribution in [0.5, 0.6) is 0 Å². The molecule has 2 aromatic heterocycles. The first kappa shape index (κ1) is 29.2. The van der Waals surface area contributed by atoms with Crippen molar-refractivity contribution in [3.63, 3.8) is 0 Å². The van der Waals surface area contributed by atoms with Crippen molar-refractivity contribution in [1.82, 2.24) is 9.38 Å². The Morgan fingerprint density at radius 2 is 1.24 bits per heavy atom. The van der Waals surface area contributed by atoms with Gasteiger partial charge < -0.3 is 4.90 Å². The highest BCUT2D eigenvalue weighted by molar-refractivity contribution is 6.16. The molecule has 3 heterocycles. The number of benzene rings is 7. The molecular formula is C48H33N3. The van der Waals surface area contributed by atoms with Crippen molar-refractivity contribution < 1.29 is 0 Å². The number of allylic oxidation sites excluding steroid dienone is 4. The molecule has 0 N–H and O–H groups in total. The predicted octanol–water partition coefficient (Wildman–Crippen LogP) is 12.6. The normalized spacial score (nSPS) is 14.5. The summed E-state index contributed by atoms with van der Waals surface area (Å²) in [5.41, 5.74) is 13.4. The molecule has 0 amide bonds. The average molecular weight is 652 g/mol. The van der Waals surface area contributed by atoms with Crippen LogP contribution in [0.4, 0.5) is 11.4 Å². The molecule has 1 aliphatic rings. The van der Waals surface area contributed by atoms with Crippen LogP contribution < -0.4 is 4.90 Å². The van der Waals surface area contributed by atoms with Crippen LogP contribution >= 0.6 is 0 Å². The molecular weight excluding hydrogens is 619 g/mol. The summed E-state index contributed by atoms with van der Waals surface area (Å²) in [4.78, 5) is 7.68. The number of anilines is 2. The summed E-state index contributed by atoms with van der Waals surface area (Å²) in [5, 5.41) is 5.92. The van der Waals surface area contributed by atoms with Crippen molar-refractivity contribution >= 4 is 66.1 Å². The smallest absolute Gasteiger partial charge is 0.146 e. The van der Waals surface area contributed by atoms with E-state index in [1.54, 1.807) is 0 Å². The molecule has 240 valence electrons. The van der Waals surface area contributed by atoms with Crippen LogP contribution in [0.3, 0.4) is 0 Å². The number of aromatic nitrogens is 2. The molecule has 0 saturated carbocycles. The van der Waals surface area contributed by atoms with Crippen LogP contribution in [0.2, 0.25) is 0 Å². The molecule has 0 bridgehead atoms. The molecule has 1 aliphatic heterocycles. The summed E-state index contributed by atoms with van der Waals surface area (Å²) in [5.74, 6) is 0. The highest BCUT2D eigenvalue weighted by Crippen LogP contribution is 2.45. The molecule has 51 heavy (non-hydrogen) atoms. The van der Waals surface area contributed by atoms with E-state index in [1.807, 2.05) is 0 Å². The zero-order valence-corrected chi connectivity index (χ0v) is 28.0. The Kier molecular flexibility index (Phi) is 6.71. The van der Waals surface area contributed by atoms with E-state index in [9.17, 15) is 0 Å². The van der Waals surface area contributed by atoms with Gasteiger partial charge in [-0.15, -0.1) is 0 Å². The number of fused-ring (bicyclic) bond motifs is 11. The lowest BCUT2D eigenvalue weighted by Gasteiger charge is -2.29. The number of hydrogen-bond acceptors (Lipinski definition) is 2. The van der Waals surface area contributed by atoms with Crippen molar-refractivity contribution in [2.45, 2.75) is 0 Å². The van der Waals surface area contributed by atoms with Gasteiger partial charge in [-0.25, -0.2) is 4.98 Å². The summed E-state index contributed by atoms with van der Waals surface area (Å²) in [7, 11) is 0. The Morgan fingerprint density at radius 1 is 0.510 bits per heavy atom. The van der Waals surface area contributed by atoms with Crippen molar-refractivity contribution in [2.75, 3.05) is 11.4 Å². The monoisotopic (exact) mass is 651 g/mol. The number of rotatable bonds is 3. The standard InChI is InChI=1S/C48H33N3/c1-32-15-5-4-14-28-50(47-39-21-11-10-20-37(39)42(31-41(32)47)34-18-8-3-9-19-34)36-25-27-40-43(30-36)38-26-24-35(33-16-6-2-7-17-33)29-46(38)51-45-23-13-12-22-44(45)49-48(40)51/h2-27,29-31H,1,28H2/b14-4-,15-5-. The summed E-state index contributed by atoms with van der Waals surface area (Å²) in [6.07, 6.45) is 8.59. The van der Waals surface area contributed by atoms with Crippen LogP contribution in [0.1, 0.15) is 5.56 Å². The third-order valence-electron chi connectivity index (χ3n) is 10.3. The number of imidazole rings is 1. The van der Waals surface area contributed by atoms with Crippen LogP contribution in [0, 0.1) is 0 Å². The first-order valence-corrected chi connectivity index (χ1v) is 17.5. The van der Waals surface area contributed by atoms with Gasteiger partial charge in [-0.05, 0) is 81.1 Å². The minimum atomic E-state index is 0.705. The van der Waals surface area contributed by atoms with E-state index >= 15 is 0 Å². The Morgan fingerprint density at radius 3 is 2.08 bits per heavy atom. The van der Waals surface area contributed by atoms with E-state index in [0.717, 1.165) is 50.1 Å². The van der Waals surface area contributed by atoms with E-state index in [0.29, 0.717) is 6.54 Å². The lowest BCUT2D eigenvalue weighted by molar-refractivity contribution is 1.10. The quantitative estimate of drug-likeness (QED) is 0.177. The Balaban J connectivity index is 1.26. The maximum atomic E-state index is 5.22. The maximum Gasteiger partial charge on any atom is 0.146 e. The highest BCUT2D eigenvalue weighted by Gasteiger charge is 2.22. The molecule has 0 aliphatic carbocycles. The maximum absolute atomic E-state index is 5.22. The van der Waals surface area contributed by atoms with Gasteiger partial charge in [0.25, 0.3) is 0 Å². The third-order valence-corrected chi connectivity index (χ3v) is 10.3. The lowest BCUT2D eigenvalue weighted by atomic mass is 9.90. The number of pyridine rings is 1. The van der Waals surface area contributed by atoms with Gasteiger partial charge in [0, 0.05) is 34.0 Å². The van der Waals surface area contributed by atoms with E-state index in [4.69, 9.17) is 4.98 Å². The molecule has 0 unspecified atom stereocenters. The first-order chi connectivity index (χ1) is 25.2. The average Bonchev–Trinajstić information content (AvgIpc) is 3.62. The molecule has 7 aromatic carbocycles. The zero-order valence-electron chi connectivity index (χ0n) is 28.0. The van der Waals surface area contributed by atoms with Gasteiger partial charge in [0.15, 0.2) is 0 Å². The van der Waals surface area contributed by atoms with Crippen molar-refractivity contribution in [3.8, 4) is 22.3 Å². The Hall–Kier alpha value is -6.71. The third kappa shape index (κ3) is 4.70. The first-order valence-electron chi connectivity index (χ1n) is 17.5. The van der Waals surface area contributed by atoms with Crippen LogP contribution in [-0.4, -0.2) is 15.9 Å². The predicted molar refractivity (Wildman–Crippen MR) is 217 cm³/mol. The van der Waals surface area contributed by atoms with Gasteiger partial charge in [0.05, 0.1) is 22.2 Å². The molecule has 0 spiro atoms. The second-order valence-electron chi connectivity index (χ2n) is 13.2. The highest BCUT2D eigenvalue weighted by atomic mass is 15.1. The number of para-hydroxylation sites is 2. The van der Waals surface area contributed by atoms with Crippen LogP contribution in [-0.2, 0) is 0 Å². The van der Waals surface area contributed by atoms with Gasteiger partial charge in [-0.2, -0.15) is 0 Å². The van der Waals surface area contributed by atoms with Crippen LogP contribution in [0.15, 0.2) is 183 Å². The van der Waals surface area contributed by atoms with Gasteiger partial charge in [0.2, 0.25) is 0 Å². The zero-order chi connectivity index (χ0) is 33.9. The summed E-state index contributed by atoms with van der Waals surface area (Å²) < 4.78 is 2.34. The van der Waals surface area contributed by atoms with Gasteiger partial charge in [-0.1, -0.05) is 140 Å². The molecule has 0 atom stereocenters. The van der Waals surface area contributed by atoms with Gasteiger partial charge >= 0.3 is 0 Å². The van der Waals surface area contributed by atoms with Crippen molar-refractivity contribution in [1.29, 1.82) is 0 Å². The number of nitrogens with zero attached hydrogens (tertiary/aromatic N) is 3. The topological polar surface area (TPSA) is 20.5 Å².